The van der Waals surface area contributed by atoms with Crippen molar-refractivity contribution in [2.45, 2.75) is 6.92 Å². The van der Waals surface area contributed by atoms with Crippen LogP contribution in [-0.4, -0.2) is 14.9 Å². The summed E-state index contributed by atoms with van der Waals surface area (Å²) in [7, 11) is 1.80. The zero-order chi connectivity index (χ0) is 11.9. The fraction of sp³-hybridized carbons (Fsp3) is 0.182. The number of anilines is 1. The van der Waals surface area contributed by atoms with Crippen LogP contribution in [0.15, 0.2) is 22.8 Å². The van der Waals surface area contributed by atoms with Gasteiger partial charge in [-0.25, -0.2) is 0 Å². The summed E-state index contributed by atoms with van der Waals surface area (Å²) in [5, 5.41) is 13.6. The lowest BCUT2D eigenvalue weighted by molar-refractivity contribution is 0.471. The van der Waals surface area contributed by atoms with Gasteiger partial charge in [0.25, 0.3) is 0 Å². The Kier molecular flexibility index (Phi) is 2.63. The molecule has 0 aliphatic heterocycles. The minimum atomic E-state index is 0.226. The molecule has 2 aromatic rings. The first-order valence-corrected chi connectivity index (χ1v) is 5.57. The van der Waals surface area contributed by atoms with E-state index < -0.39 is 0 Å². The largest absolute Gasteiger partial charge is 0.507 e. The number of hydrogen-bond donors (Lipinski definition) is 2. The summed E-state index contributed by atoms with van der Waals surface area (Å²) in [6.07, 6.45) is 1.72. The molecule has 3 N–H and O–H groups in total. The zero-order valence-electron chi connectivity index (χ0n) is 9.03. The second-order valence-electron chi connectivity index (χ2n) is 3.69. The second-order valence-corrected chi connectivity index (χ2v) is 4.54. The maximum Gasteiger partial charge on any atom is 0.130 e. The Hall–Kier alpha value is -1.49. The summed E-state index contributed by atoms with van der Waals surface area (Å²) in [4.78, 5) is 0. The first-order chi connectivity index (χ1) is 7.50. The van der Waals surface area contributed by atoms with Crippen LogP contribution in [0.2, 0.25) is 0 Å². The van der Waals surface area contributed by atoms with Gasteiger partial charge < -0.3 is 10.8 Å². The van der Waals surface area contributed by atoms with E-state index in [0.717, 1.165) is 16.7 Å². The molecule has 16 heavy (non-hydrogen) atoms. The maximum absolute atomic E-state index is 9.55. The summed E-state index contributed by atoms with van der Waals surface area (Å²) in [6, 6.07) is 3.55. The van der Waals surface area contributed by atoms with E-state index in [-0.39, 0.29) is 5.75 Å². The van der Waals surface area contributed by atoms with Gasteiger partial charge in [0.1, 0.15) is 11.6 Å². The van der Waals surface area contributed by atoms with Gasteiger partial charge in [-0.05, 0) is 46.1 Å². The normalized spacial score (nSPS) is 10.7. The maximum atomic E-state index is 9.55. The fourth-order valence-electron chi connectivity index (χ4n) is 1.61. The summed E-state index contributed by atoms with van der Waals surface area (Å²) < 4.78 is 2.27. The number of nitrogens with zero attached hydrogens (tertiary/aromatic N) is 2. The Morgan fingerprint density at radius 3 is 2.62 bits per heavy atom. The third-order valence-electron chi connectivity index (χ3n) is 2.57. The summed E-state index contributed by atoms with van der Waals surface area (Å²) in [6.45, 7) is 1.92. The quantitative estimate of drug-likeness (QED) is 0.844. The van der Waals surface area contributed by atoms with Crippen molar-refractivity contribution in [1.29, 1.82) is 0 Å². The Morgan fingerprint density at radius 2 is 2.06 bits per heavy atom. The van der Waals surface area contributed by atoms with Crippen molar-refractivity contribution in [3.05, 3.63) is 28.4 Å². The van der Waals surface area contributed by atoms with Gasteiger partial charge in [0.15, 0.2) is 0 Å². The molecule has 0 amide bonds. The average molecular weight is 282 g/mol. The van der Waals surface area contributed by atoms with E-state index in [2.05, 4.69) is 21.0 Å². The van der Waals surface area contributed by atoms with Gasteiger partial charge in [0, 0.05) is 12.6 Å². The van der Waals surface area contributed by atoms with Crippen LogP contribution in [0.1, 0.15) is 5.56 Å². The van der Waals surface area contributed by atoms with E-state index in [9.17, 15) is 5.11 Å². The number of hydrogen-bond acceptors (Lipinski definition) is 3. The van der Waals surface area contributed by atoms with Crippen LogP contribution < -0.4 is 5.73 Å². The highest BCUT2D eigenvalue weighted by molar-refractivity contribution is 9.10. The number of benzene rings is 1. The molecule has 2 rings (SSSR count). The van der Waals surface area contributed by atoms with E-state index in [1.54, 1.807) is 24.0 Å². The summed E-state index contributed by atoms with van der Waals surface area (Å²) in [5.41, 5.74) is 8.72. The van der Waals surface area contributed by atoms with Crippen molar-refractivity contribution < 1.29 is 5.11 Å². The zero-order valence-corrected chi connectivity index (χ0v) is 10.6. The number of aromatic nitrogens is 2. The van der Waals surface area contributed by atoms with Crippen LogP contribution >= 0.6 is 15.9 Å². The van der Waals surface area contributed by atoms with Gasteiger partial charge in [0.2, 0.25) is 0 Å². The van der Waals surface area contributed by atoms with Crippen molar-refractivity contribution in [2.75, 3.05) is 5.73 Å². The van der Waals surface area contributed by atoms with Crippen molar-refractivity contribution in [3.63, 3.8) is 0 Å². The highest BCUT2D eigenvalue weighted by Crippen LogP contribution is 2.35. The Labute approximate surface area is 102 Å². The van der Waals surface area contributed by atoms with Crippen molar-refractivity contribution in [1.82, 2.24) is 9.78 Å². The molecule has 5 heteroatoms. The molecule has 0 unspecified atom stereocenters. The van der Waals surface area contributed by atoms with Gasteiger partial charge in [-0.2, -0.15) is 5.10 Å². The predicted molar refractivity (Wildman–Crippen MR) is 67.2 cm³/mol. The first-order valence-electron chi connectivity index (χ1n) is 4.77. The van der Waals surface area contributed by atoms with Crippen LogP contribution in [0.4, 0.5) is 5.82 Å². The summed E-state index contributed by atoms with van der Waals surface area (Å²) >= 11 is 3.29. The van der Waals surface area contributed by atoms with Gasteiger partial charge in [-0.3, -0.25) is 4.68 Å². The van der Waals surface area contributed by atoms with Crippen molar-refractivity contribution >= 4 is 21.7 Å². The number of nitrogen functional groups attached to an aromatic ring is 1. The highest BCUT2D eigenvalue weighted by atomic mass is 79.9. The minimum absolute atomic E-state index is 0.226. The van der Waals surface area contributed by atoms with Gasteiger partial charge in [0.05, 0.1) is 10.7 Å². The lowest BCUT2D eigenvalue weighted by Gasteiger charge is -2.07. The molecule has 0 atom stereocenters. The minimum Gasteiger partial charge on any atom is -0.507 e. The molecule has 0 aliphatic rings. The number of rotatable bonds is 1. The molecule has 1 aromatic carbocycles. The summed E-state index contributed by atoms with van der Waals surface area (Å²) in [5.74, 6) is 0.837. The monoisotopic (exact) mass is 281 g/mol. The molecule has 0 saturated heterocycles. The Morgan fingerprint density at radius 1 is 1.38 bits per heavy atom. The first kappa shape index (κ1) is 11.0. The number of aromatic hydroxyl groups is 1. The predicted octanol–water partition coefficient (Wildman–Crippen LogP) is 2.45. The molecule has 0 saturated carbocycles. The van der Waals surface area contributed by atoms with E-state index in [4.69, 9.17) is 5.73 Å². The van der Waals surface area contributed by atoms with Crippen LogP contribution in [-0.2, 0) is 7.05 Å². The molecular formula is C11H12BrN3O. The van der Waals surface area contributed by atoms with E-state index >= 15 is 0 Å². The van der Waals surface area contributed by atoms with E-state index in [0.29, 0.717) is 10.3 Å². The molecule has 4 nitrogen and oxygen atoms in total. The molecule has 0 aliphatic carbocycles. The third-order valence-corrected chi connectivity index (χ3v) is 3.20. The highest BCUT2D eigenvalue weighted by Gasteiger charge is 2.12. The average Bonchev–Trinajstić information content (AvgIpc) is 2.54. The lowest BCUT2D eigenvalue weighted by atomic mass is 10.0. The molecule has 0 radical (unpaired) electrons. The standard InChI is InChI=1S/C11H12BrN3O/c1-6-3-10(16)9(12)4-7(6)8-5-14-15(2)11(8)13/h3-5,16H,13H2,1-2H3. The van der Waals surface area contributed by atoms with E-state index in [1.165, 1.54) is 0 Å². The third kappa shape index (κ3) is 1.67. The number of halogens is 1. The SMILES string of the molecule is Cc1cc(O)c(Br)cc1-c1cnn(C)c1N. The topological polar surface area (TPSA) is 64.1 Å². The molecule has 0 fully saturated rings. The number of phenolic OH excluding ortho intramolecular Hbond substituents is 1. The van der Waals surface area contributed by atoms with Crippen molar-refractivity contribution in [2.24, 2.45) is 7.05 Å². The molecule has 1 heterocycles. The number of phenols is 1. The fourth-order valence-corrected chi connectivity index (χ4v) is 1.95. The number of nitrogens with two attached hydrogens (primary N) is 1. The van der Waals surface area contributed by atoms with Gasteiger partial charge in [-0.1, -0.05) is 0 Å². The Bertz CT molecular complexity index is 548. The second kappa shape index (κ2) is 3.83. The molecule has 1 aromatic heterocycles. The van der Waals surface area contributed by atoms with Crippen molar-refractivity contribution in [3.8, 4) is 16.9 Å². The molecular weight excluding hydrogens is 270 g/mol. The van der Waals surface area contributed by atoms with Crippen LogP contribution in [0.3, 0.4) is 0 Å². The molecule has 84 valence electrons. The van der Waals surface area contributed by atoms with Gasteiger partial charge in [-0.15, -0.1) is 0 Å². The number of aryl methyl sites for hydroxylation is 2. The van der Waals surface area contributed by atoms with Gasteiger partial charge >= 0.3 is 0 Å². The van der Waals surface area contributed by atoms with Crippen LogP contribution in [0.25, 0.3) is 11.1 Å². The van der Waals surface area contributed by atoms with Crippen LogP contribution in [0.5, 0.6) is 5.75 Å². The smallest absolute Gasteiger partial charge is 0.130 e. The van der Waals surface area contributed by atoms with Crippen LogP contribution in [0, 0.1) is 6.92 Å². The lowest BCUT2D eigenvalue weighted by Crippen LogP contribution is -1.98. The molecule has 0 spiro atoms. The van der Waals surface area contributed by atoms with E-state index in [1.807, 2.05) is 13.0 Å². The molecule has 0 bridgehead atoms. The Balaban J connectivity index is 2.65.